The molecule has 1 heterocycles. The van der Waals surface area contributed by atoms with Crippen molar-refractivity contribution in [2.45, 2.75) is 37.6 Å². The highest BCUT2D eigenvalue weighted by Crippen LogP contribution is 2.30. The summed E-state index contributed by atoms with van der Waals surface area (Å²) in [4.78, 5) is 0. The SMILES string of the molecule is CS(=O)N1CCNC2(CCCCC2)C1. The Morgan fingerprint density at radius 2 is 2.00 bits per heavy atom. The highest BCUT2D eigenvalue weighted by atomic mass is 32.2. The fourth-order valence-corrected chi connectivity index (χ4v) is 3.48. The molecule has 0 radical (unpaired) electrons. The highest BCUT2D eigenvalue weighted by Gasteiger charge is 2.36. The lowest BCUT2D eigenvalue weighted by atomic mass is 9.81. The van der Waals surface area contributed by atoms with Crippen LogP contribution in [0.5, 0.6) is 0 Å². The summed E-state index contributed by atoms with van der Waals surface area (Å²) >= 11 is 0. The minimum absolute atomic E-state index is 0.294. The molecule has 82 valence electrons. The van der Waals surface area contributed by atoms with Gasteiger partial charge >= 0.3 is 0 Å². The second-order valence-corrected chi connectivity index (χ2v) is 5.92. The topological polar surface area (TPSA) is 32.3 Å². The van der Waals surface area contributed by atoms with Crippen molar-refractivity contribution in [2.75, 3.05) is 25.9 Å². The van der Waals surface area contributed by atoms with Crippen LogP contribution in [0.4, 0.5) is 0 Å². The van der Waals surface area contributed by atoms with Gasteiger partial charge in [0, 0.05) is 31.4 Å². The van der Waals surface area contributed by atoms with Gasteiger partial charge < -0.3 is 5.32 Å². The van der Waals surface area contributed by atoms with Crippen LogP contribution in [0.25, 0.3) is 0 Å². The summed E-state index contributed by atoms with van der Waals surface area (Å²) in [7, 11) is -0.786. The molecule has 1 unspecified atom stereocenters. The summed E-state index contributed by atoms with van der Waals surface area (Å²) in [5.41, 5.74) is 0.294. The van der Waals surface area contributed by atoms with E-state index in [1.165, 1.54) is 32.1 Å². The zero-order valence-corrected chi connectivity index (χ0v) is 9.74. The summed E-state index contributed by atoms with van der Waals surface area (Å²) < 4.78 is 13.5. The number of rotatable bonds is 1. The molecule has 0 aromatic rings. The van der Waals surface area contributed by atoms with Gasteiger partial charge in [0.1, 0.15) is 0 Å². The summed E-state index contributed by atoms with van der Waals surface area (Å²) in [6.45, 7) is 2.92. The number of nitrogens with one attached hydrogen (secondary N) is 1. The van der Waals surface area contributed by atoms with Gasteiger partial charge in [-0.1, -0.05) is 19.3 Å². The van der Waals surface area contributed by atoms with Gasteiger partial charge in [0.25, 0.3) is 0 Å². The lowest BCUT2D eigenvalue weighted by molar-refractivity contribution is 0.154. The third-order valence-electron chi connectivity index (χ3n) is 3.51. The van der Waals surface area contributed by atoms with Crippen molar-refractivity contribution in [1.29, 1.82) is 0 Å². The molecule has 1 spiro atoms. The lowest BCUT2D eigenvalue weighted by Crippen LogP contribution is -2.61. The molecule has 1 aliphatic heterocycles. The average molecular weight is 216 g/mol. The van der Waals surface area contributed by atoms with Crippen molar-refractivity contribution in [3.05, 3.63) is 0 Å². The van der Waals surface area contributed by atoms with E-state index in [1.807, 2.05) is 0 Å². The summed E-state index contributed by atoms with van der Waals surface area (Å²) in [6.07, 6.45) is 8.36. The highest BCUT2D eigenvalue weighted by molar-refractivity contribution is 7.81. The van der Waals surface area contributed by atoms with Crippen LogP contribution in [-0.4, -0.2) is 39.9 Å². The normalized spacial score (nSPS) is 30.4. The Morgan fingerprint density at radius 1 is 1.29 bits per heavy atom. The molecule has 0 amide bonds. The molecule has 1 saturated heterocycles. The third kappa shape index (κ3) is 2.18. The predicted molar refractivity (Wildman–Crippen MR) is 59.5 cm³/mol. The van der Waals surface area contributed by atoms with Gasteiger partial charge in [-0.05, 0) is 12.8 Å². The average Bonchev–Trinajstić information content (AvgIpc) is 2.19. The van der Waals surface area contributed by atoms with Crippen molar-refractivity contribution < 1.29 is 4.21 Å². The Hall–Kier alpha value is 0.0700. The van der Waals surface area contributed by atoms with E-state index >= 15 is 0 Å². The van der Waals surface area contributed by atoms with Crippen LogP contribution in [0, 0.1) is 0 Å². The molecule has 4 heteroatoms. The molecule has 14 heavy (non-hydrogen) atoms. The second-order valence-electron chi connectivity index (χ2n) is 4.56. The third-order valence-corrected chi connectivity index (χ3v) is 4.55. The van der Waals surface area contributed by atoms with Gasteiger partial charge in [0.05, 0.1) is 11.0 Å². The first-order valence-corrected chi connectivity index (χ1v) is 7.07. The monoisotopic (exact) mass is 216 g/mol. The van der Waals surface area contributed by atoms with E-state index in [0.717, 1.165) is 19.6 Å². The van der Waals surface area contributed by atoms with Crippen LogP contribution in [0.2, 0.25) is 0 Å². The molecule has 0 bridgehead atoms. The van der Waals surface area contributed by atoms with E-state index in [0.29, 0.717) is 5.54 Å². The van der Waals surface area contributed by atoms with Crippen molar-refractivity contribution in [1.82, 2.24) is 9.62 Å². The fourth-order valence-electron chi connectivity index (χ4n) is 2.70. The molecule has 2 aliphatic rings. The Labute approximate surface area is 88.8 Å². The van der Waals surface area contributed by atoms with Crippen LogP contribution in [0.1, 0.15) is 32.1 Å². The minimum atomic E-state index is -0.786. The molecule has 1 aliphatic carbocycles. The number of hydrogen-bond acceptors (Lipinski definition) is 2. The maximum absolute atomic E-state index is 11.4. The van der Waals surface area contributed by atoms with E-state index in [4.69, 9.17) is 0 Å². The Kier molecular flexibility index (Phi) is 3.24. The fraction of sp³-hybridized carbons (Fsp3) is 1.00. The van der Waals surface area contributed by atoms with Crippen LogP contribution in [-0.2, 0) is 11.0 Å². The Morgan fingerprint density at radius 3 is 2.64 bits per heavy atom. The Bertz CT molecular complexity index is 221. The molecule has 1 saturated carbocycles. The van der Waals surface area contributed by atoms with Crippen LogP contribution < -0.4 is 5.32 Å². The summed E-state index contributed by atoms with van der Waals surface area (Å²) in [6, 6.07) is 0. The first-order valence-electron chi connectivity index (χ1n) is 5.55. The second kappa shape index (κ2) is 4.29. The maximum atomic E-state index is 11.4. The zero-order valence-electron chi connectivity index (χ0n) is 8.92. The van der Waals surface area contributed by atoms with Gasteiger partial charge in [-0.15, -0.1) is 0 Å². The first kappa shape index (κ1) is 10.6. The van der Waals surface area contributed by atoms with Crippen molar-refractivity contribution in [3.63, 3.8) is 0 Å². The van der Waals surface area contributed by atoms with Gasteiger partial charge in [-0.2, -0.15) is 0 Å². The minimum Gasteiger partial charge on any atom is -0.309 e. The number of nitrogens with zero attached hydrogens (tertiary/aromatic N) is 1. The van der Waals surface area contributed by atoms with Gasteiger partial charge in [-0.25, -0.2) is 8.51 Å². The van der Waals surface area contributed by atoms with Gasteiger partial charge in [0.2, 0.25) is 0 Å². The van der Waals surface area contributed by atoms with Crippen molar-refractivity contribution >= 4 is 11.0 Å². The molecule has 1 atom stereocenters. The summed E-state index contributed by atoms with van der Waals surface area (Å²) in [5.74, 6) is 0. The van der Waals surface area contributed by atoms with Crippen molar-refractivity contribution in [2.24, 2.45) is 0 Å². The van der Waals surface area contributed by atoms with E-state index in [-0.39, 0.29) is 0 Å². The van der Waals surface area contributed by atoms with Crippen LogP contribution in [0.3, 0.4) is 0 Å². The lowest BCUT2D eigenvalue weighted by Gasteiger charge is -2.45. The molecule has 3 nitrogen and oxygen atoms in total. The van der Waals surface area contributed by atoms with E-state index in [1.54, 1.807) is 6.26 Å². The molecule has 0 aromatic carbocycles. The van der Waals surface area contributed by atoms with E-state index in [9.17, 15) is 4.21 Å². The smallest absolute Gasteiger partial charge is 0.0911 e. The molecule has 0 aromatic heterocycles. The molecular weight excluding hydrogens is 196 g/mol. The van der Waals surface area contributed by atoms with Gasteiger partial charge in [-0.3, -0.25) is 0 Å². The van der Waals surface area contributed by atoms with Gasteiger partial charge in [0.15, 0.2) is 0 Å². The van der Waals surface area contributed by atoms with Crippen LogP contribution >= 0.6 is 0 Å². The first-order chi connectivity index (χ1) is 6.72. The number of piperazine rings is 1. The maximum Gasteiger partial charge on any atom is 0.0911 e. The quantitative estimate of drug-likeness (QED) is 0.706. The van der Waals surface area contributed by atoms with E-state index in [2.05, 4.69) is 9.62 Å². The molecule has 2 rings (SSSR count). The largest absolute Gasteiger partial charge is 0.309 e. The van der Waals surface area contributed by atoms with E-state index < -0.39 is 11.0 Å². The predicted octanol–water partition coefficient (Wildman–Crippen LogP) is 0.888. The zero-order chi connectivity index (χ0) is 10.0. The summed E-state index contributed by atoms with van der Waals surface area (Å²) in [5, 5.41) is 3.64. The van der Waals surface area contributed by atoms with Crippen LogP contribution in [0.15, 0.2) is 0 Å². The standard InChI is InChI=1S/C10H20N2OS/c1-14(13)12-8-7-11-10(9-12)5-3-2-4-6-10/h11H,2-9H2,1H3. The molecular formula is C10H20N2OS. The van der Waals surface area contributed by atoms with Crippen molar-refractivity contribution in [3.8, 4) is 0 Å². The Balaban J connectivity index is 2.01. The molecule has 2 fully saturated rings. The number of hydrogen-bond donors (Lipinski definition) is 1. The molecule has 1 N–H and O–H groups in total.